The van der Waals surface area contributed by atoms with Crippen LogP contribution in [0.4, 0.5) is 14.5 Å². The molecule has 1 unspecified atom stereocenters. The number of amides is 1. The lowest BCUT2D eigenvalue weighted by molar-refractivity contribution is -0.252. The molecule has 2 saturated heterocycles. The minimum Gasteiger partial charge on any atom is -0.466 e. The highest BCUT2D eigenvalue weighted by Gasteiger charge is 2.54. The van der Waals surface area contributed by atoms with Gasteiger partial charge in [-0.2, -0.15) is 0 Å². The Morgan fingerprint density at radius 1 is 1.02 bits per heavy atom. The summed E-state index contributed by atoms with van der Waals surface area (Å²) in [5, 5.41) is 3.56. The zero-order chi connectivity index (χ0) is 34.0. The SMILES string of the molecule is CCOC(=O)[C@H]1CC[C@H](OC(C(=O)Cc2cc(Cl)c(NC(=O)c3cn(C)c4ccccc34)cc2F)(N2CCCC2)N2CC[C@H](F)C2)CC1. The molecule has 0 radical (unpaired) electrons. The molecule has 0 bridgehead atoms. The Bertz CT molecular complexity index is 1670. The van der Waals surface area contributed by atoms with E-state index in [1.54, 1.807) is 18.0 Å². The van der Waals surface area contributed by atoms with Crippen LogP contribution < -0.4 is 5.32 Å². The number of para-hydroxylation sites is 1. The Kier molecular flexibility index (Phi) is 10.5. The van der Waals surface area contributed by atoms with Crippen LogP contribution >= 0.6 is 11.6 Å². The van der Waals surface area contributed by atoms with E-state index >= 15 is 4.39 Å². The van der Waals surface area contributed by atoms with E-state index in [4.69, 9.17) is 21.1 Å². The van der Waals surface area contributed by atoms with E-state index in [-0.39, 0.29) is 53.7 Å². The van der Waals surface area contributed by atoms with Crippen LogP contribution in [0.25, 0.3) is 10.9 Å². The summed E-state index contributed by atoms with van der Waals surface area (Å²) < 4.78 is 44.4. The van der Waals surface area contributed by atoms with Crippen LogP contribution in [-0.4, -0.2) is 82.9 Å². The van der Waals surface area contributed by atoms with Crippen LogP contribution in [0.5, 0.6) is 0 Å². The number of nitrogens with one attached hydrogen (secondary N) is 1. The molecule has 3 fully saturated rings. The van der Waals surface area contributed by atoms with E-state index in [0.29, 0.717) is 57.5 Å². The summed E-state index contributed by atoms with van der Waals surface area (Å²) in [6.07, 6.45) is 4.11. The molecule has 12 heteroatoms. The first-order valence-electron chi connectivity index (χ1n) is 17.0. The summed E-state index contributed by atoms with van der Waals surface area (Å²) in [6.45, 7) is 3.62. The number of likely N-dealkylation sites (tertiary alicyclic amines) is 2. The fourth-order valence-corrected chi connectivity index (χ4v) is 7.74. The van der Waals surface area contributed by atoms with Crippen molar-refractivity contribution in [1.82, 2.24) is 14.4 Å². The van der Waals surface area contributed by atoms with Gasteiger partial charge in [-0.1, -0.05) is 29.8 Å². The van der Waals surface area contributed by atoms with Crippen LogP contribution in [0, 0.1) is 11.7 Å². The number of alkyl halides is 1. The standard InChI is InChI=1S/C36H43ClF2N4O5/c1-3-47-35(46)23-10-12-26(13-11-23)48-36(42-15-6-7-16-42,43-17-14-25(38)21-43)33(44)19-24-18-29(37)31(20-30(24)39)40-34(45)28-22-41(2)32-9-5-4-8-27(28)32/h4-5,8-9,18,20,22-23,25-26H,3,6-7,10-17,19,21H2,1-2H3,(H,40,45)/t23-,25-,26-,36?/m0/s1. The average molecular weight is 685 g/mol. The van der Waals surface area contributed by atoms with Crippen molar-refractivity contribution in [3.8, 4) is 0 Å². The van der Waals surface area contributed by atoms with Crippen LogP contribution in [0.2, 0.25) is 5.02 Å². The molecule has 1 N–H and O–H groups in total. The third kappa shape index (κ3) is 6.88. The summed E-state index contributed by atoms with van der Waals surface area (Å²) in [5.41, 5.74) is 1.44. The maximum atomic E-state index is 15.8. The van der Waals surface area contributed by atoms with Crippen LogP contribution in [-0.2, 0) is 32.5 Å². The number of halogens is 3. The number of hydrogen-bond acceptors (Lipinski definition) is 7. The summed E-state index contributed by atoms with van der Waals surface area (Å²) >= 11 is 6.61. The number of aryl methyl sites for hydroxylation is 1. The number of rotatable bonds is 11. The molecule has 3 heterocycles. The summed E-state index contributed by atoms with van der Waals surface area (Å²) in [7, 11) is 1.84. The van der Waals surface area contributed by atoms with Crippen molar-refractivity contribution in [2.24, 2.45) is 13.0 Å². The molecule has 9 nitrogen and oxygen atoms in total. The number of ether oxygens (including phenoxy) is 2. The topological polar surface area (TPSA) is 93.1 Å². The number of carbonyl (C=O) groups excluding carboxylic acids is 3. The fraction of sp³-hybridized carbons (Fsp3) is 0.528. The second-order valence-electron chi connectivity index (χ2n) is 13.1. The van der Waals surface area contributed by atoms with Gasteiger partial charge in [0, 0.05) is 56.7 Å². The molecule has 48 heavy (non-hydrogen) atoms. The van der Waals surface area contributed by atoms with Gasteiger partial charge in [0.25, 0.3) is 5.91 Å². The highest BCUT2D eigenvalue weighted by atomic mass is 35.5. The smallest absolute Gasteiger partial charge is 0.308 e. The molecular formula is C36H43ClF2N4O5. The first-order chi connectivity index (χ1) is 23.1. The minimum atomic E-state index is -1.58. The molecule has 3 aromatic rings. The van der Waals surface area contributed by atoms with E-state index in [9.17, 15) is 18.8 Å². The van der Waals surface area contributed by atoms with Gasteiger partial charge in [-0.05, 0) is 75.6 Å². The van der Waals surface area contributed by atoms with Gasteiger partial charge in [-0.25, -0.2) is 8.78 Å². The molecule has 2 aromatic carbocycles. The van der Waals surface area contributed by atoms with E-state index in [0.717, 1.165) is 29.8 Å². The Balaban J connectivity index is 1.25. The molecule has 1 aromatic heterocycles. The Labute approximate surface area is 284 Å². The van der Waals surface area contributed by atoms with Crippen molar-refractivity contribution in [2.75, 3.05) is 38.1 Å². The number of carbonyl (C=O) groups is 3. The number of hydrogen-bond donors (Lipinski definition) is 1. The zero-order valence-electron chi connectivity index (χ0n) is 27.5. The molecule has 2 atom stereocenters. The quantitative estimate of drug-likeness (QED) is 0.238. The van der Waals surface area contributed by atoms with Crippen molar-refractivity contribution in [3.05, 3.63) is 64.6 Å². The number of ketones is 1. The maximum Gasteiger partial charge on any atom is 0.308 e. The fourth-order valence-electron chi connectivity index (χ4n) is 7.51. The first kappa shape index (κ1) is 34.5. The van der Waals surface area contributed by atoms with E-state index < -0.39 is 29.5 Å². The Morgan fingerprint density at radius 3 is 2.44 bits per heavy atom. The largest absolute Gasteiger partial charge is 0.466 e. The number of Topliss-reactive ketones (excluding diaryl/α,β-unsaturated/α-hetero) is 1. The molecule has 1 aliphatic carbocycles. The molecule has 258 valence electrons. The molecular weight excluding hydrogens is 642 g/mol. The van der Waals surface area contributed by atoms with Crippen LogP contribution in [0.15, 0.2) is 42.6 Å². The van der Waals surface area contributed by atoms with Gasteiger partial charge >= 0.3 is 5.97 Å². The van der Waals surface area contributed by atoms with Gasteiger partial charge in [0.05, 0.1) is 34.9 Å². The molecule has 0 spiro atoms. The van der Waals surface area contributed by atoms with Gasteiger partial charge in [0.2, 0.25) is 5.85 Å². The van der Waals surface area contributed by atoms with Crippen LogP contribution in [0.3, 0.4) is 0 Å². The lowest BCUT2D eigenvalue weighted by atomic mass is 9.87. The predicted octanol–water partition coefficient (Wildman–Crippen LogP) is 6.27. The summed E-state index contributed by atoms with van der Waals surface area (Å²) in [5.74, 6) is -3.56. The molecule has 1 amide bonds. The van der Waals surface area contributed by atoms with Crippen molar-refractivity contribution in [1.29, 1.82) is 0 Å². The number of esters is 1. The van der Waals surface area contributed by atoms with Gasteiger partial charge in [-0.3, -0.25) is 24.2 Å². The van der Waals surface area contributed by atoms with E-state index in [2.05, 4.69) is 5.32 Å². The highest BCUT2D eigenvalue weighted by molar-refractivity contribution is 6.34. The monoisotopic (exact) mass is 684 g/mol. The minimum absolute atomic E-state index is 0.0305. The normalized spacial score (nSPS) is 23.3. The summed E-state index contributed by atoms with van der Waals surface area (Å²) in [4.78, 5) is 44.0. The lowest BCUT2D eigenvalue weighted by Crippen LogP contribution is -2.67. The number of anilines is 1. The molecule has 6 rings (SSSR count). The number of fused-ring (bicyclic) bond motifs is 1. The third-order valence-electron chi connectivity index (χ3n) is 9.96. The number of aromatic nitrogens is 1. The van der Waals surface area contributed by atoms with Crippen LogP contribution in [0.1, 0.15) is 67.8 Å². The maximum absolute atomic E-state index is 15.8. The van der Waals surface area contributed by atoms with Gasteiger partial charge < -0.3 is 19.4 Å². The molecule has 2 aliphatic heterocycles. The third-order valence-corrected chi connectivity index (χ3v) is 10.3. The lowest BCUT2D eigenvalue weighted by Gasteiger charge is -2.48. The van der Waals surface area contributed by atoms with Gasteiger partial charge in [-0.15, -0.1) is 0 Å². The zero-order valence-corrected chi connectivity index (χ0v) is 28.2. The average Bonchev–Trinajstić information content (AvgIpc) is 3.84. The van der Waals surface area contributed by atoms with Crippen molar-refractivity contribution in [2.45, 2.75) is 76.4 Å². The second kappa shape index (κ2) is 14.6. The second-order valence-corrected chi connectivity index (χ2v) is 13.5. The van der Waals surface area contributed by atoms with Gasteiger partial charge in [0.15, 0.2) is 5.78 Å². The number of nitrogens with zero attached hydrogens (tertiary/aromatic N) is 3. The summed E-state index contributed by atoms with van der Waals surface area (Å²) in [6, 6.07) is 9.98. The van der Waals surface area contributed by atoms with Crippen molar-refractivity contribution >= 4 is 45.9 Å². The Hall–Kier alpha value is -3.38. The molecule has 3 aliphatic rings. The van der Waals surface area contributed by atoms with Gasteiger partial charge in [0.1, 0.15) is 12.0 Å². The molecule has 1 saturated carbocycles. The highest BCUT2D eigenvalue weighted by Crippen LogP contribution is 2.38. The first-order valence-corrected chi connectivity index (χ1v) is 17.3. The number of benzene rings is 2. The van der Waals surface area contributed by atoms with Crippen molar-refractivity contribution < 1.29 is 32.6 Å². The van der Waals surface area contributed by atoms with E-state index in [1.807, 2.05) is 40.8 Å². The predicted molar refractivity (Wildman–Crippen MR) is 179 cm³/mol. The Morgan fingerprint density at radius 2 is 1.75 bits per heavy atom. The van der Waals surface area contributed by atoms with E-state index in [1.165, 1.54) is 6.07 Å². The van der Waals surface area contributed by atoms with Crippen molar-refractivity contribution in [3.63, 3.8) is 0 Å².